The molecular formula is C12H19N3S. The predicted octanol–water partition coefficient (Wildman–Crippen LogP) is 2.37. The Kier molecular flexibility index (Phi) is 4.60. The summed E-state index contributed by atoms with van der Waals surface area (Å²) in [5, 5.41) is 3.46. The third kappa shape index (κ3) is 4.10. The van der Waals surface area contributed by atoms with Gasteiger partial charge in [0.2, 0.25) is 0 Å². The molecule has 1 N–H and O–H groups in total. The van der Waals surface area contributed by atoms with Crippen molar-refractivity contribution in [1.82, 2.24) is 15.3 Å². The molecule has 1 aliphatic rings. The molecule has 2 rings (SSSR count). The highest BCUT2D eigenvalue weighted by Gasteiger charge is 2.19. The maximum Gasteiger partial charge on any atom is 0.138 e. The Hall–Kier alpha value is -0.610. The molecule has 3 nitrogen and oxygen atoms in total. The van der Waals surface area contributed by atoms with E-state index in [-0.39, 0.29) is 0 Å². The van der Waals surface area contributed by atoms with Crippen molar-refractivity contribution in [2.75, 3.05) is 5.75 Å². The average molecular weight is 237 g/mol. The van der Waals surface area contributed by atoms with Gasteiger partial charge in [0.1, 0.15) is 5.82 Å². The molecule has 0 aliphatic heterocycles. The molecule has 4 heteroatoms. The van der Waals surface area contributed by atoms with Crippen molar-refractivity contribution in [2.45, 2.75) is 44.5 Å². The summed E-state index contributed by atoms with van der Waals surface area (Å²) in [5.41, 5.74) is 1.19. The first-order chi connectivity index (χ1) is 7.88. The van der Waals surface area contributed by atoms with Crippen LogP contribution >= 0.6 is 11.8 Å². The normalized spacial score (nSPS) is 15.3. The van der Waals surface area contributed by atoms with Crippen LogP contribution in [-0.4, -0.2) is 21.8 Å². The molecule has 1 aromatic rings. The number of thioether (sulfide) groups is 1. The van der Waals surface area contributed by atoms with E-state index in [0.29, 0.717) is 0 Å². The van der Waals surface area contributed by atoms with Crippen molar-refractivity contribution in [3.8, 4) is 0 Å². The zero-order valence-electron chi connectivity index (χ0n) is 9.78. The lowest BCUT2D eigenvalue weighted by Gasteiger charge is -2.03. The van der Waals surface area contributed by atoms with Crippen LogP contribution in [0.1, 0.15) is 37.6 Å². The lowest BCUT2D eigenvalue weighted by molar-refractivity contribution is 0.682. The van der Waals surface area contributed by atoms with Crippen LogP contribution in [0.4, 0.5) is 0 Å². The lowest BCUT2D eigenvalue weighted by Crippen LogP contribution is -2.15. The fourth-order valence-electron chi connectivity index (χ4n) is 1.40. The maximum atomic E-state index is 4.38. The van der Waals surface area contributed by atoms with Crippen molar-refractivity contribution < 1.29 is 0 Å². The third-order valence-electron chi connectivity index (χ3n) is 2.51. The molecule has 0 unspecified atom stereocenters. The summed E-state index contributed by atoms with van der Waals surface area (Å²) in [6.07, 6.45) is 7.77. The van der Waals surface area contributed by atoms with Gasteiger partial charge < -0.3 is 5.32 Å². The Morgan fingerprint density at radius 1 is 1.38 bits per heavy atom. The first kappa shape index (κ1) is 11.9. The first-order valence-electron chi connectivity index (χ1n) is 5.99. The zero-order valence-corrected chi connectivity index (χ0v) is 10.6. The Balaban J connectivity index is 1.74. The second-order valence-corrected chi connectivity index (χ2v) is 5.32. The predicted molar refractivity (Wildman–Crippen MR) is 68.3 cm³/mol. The van der Waals surface area contributed by atoms with Gasteiger partial charge in [-0.2, -0.15) is 11.8 Å². The summed E-state index contributed by atoms with van der Waals surface area (Å²) in [6.45, 7) is 3.10. The molecule has 0 bridgehead atoms. The fraction of sp³-hybridized carbons (Fsp3) is 0.667. The van der Waals surface area contributed by atoms with Crippen LogP contribution in [0.5, 0.6) is 0 Å². The van der Waals surface area contributed by atoms with Crippen molar-refractivity contribution in [3.63, 3.8) is 0 Å². The highest BCUT2D eigenvalue weighted by Crippen LogP contribution is 2.19. The second kappa shape index (κ2) is 6.21. The van der Waals surface area contributed by atoms with E-state index in [1.54, 1.807) is 0 Å². The van der Waals surface area contributed by atoms with Gasteiger partial charge >= 0.3 is 0 Å². The minimum absolute atomic E-state index is 0.750. The average Bonchev–Trinajstić information content (AvgIpc) is 3.12. The molecule has 0 aromatic carbocycles. The Bertz CT molecular complexity index is 309. The van der Waals surface area contributed by atoms with E-state index in [1.807, 2.05) is 24.2 Å². The summed E-state index contributed by atoms with van der Waals surface area (Å²) in [4.78, 5) is 8.75. The van der Waals surface area contributed by atoms with Gasteiger partial charge in [0, 0.05) is 30.5 Å². The molecule has 0 saturated heterocycles. The maximum absolute atomic E-state index is 4.38. The molecule has 1 fully saturated rings. The largest absolute Gasteiger partial charge is 0.310 e. The van der Waals surface area contributed by atoms with Crippen molar-refractivity contribution in [3.05, 3.63) is 23.8 Å². The standard InChI is InChI=1S/C12H19N3S/c1-2-5-16-9-12-14-7-10(8-15-12)6-13-11-3-4-11/h7-8,11,13H,2-6,9H2,1H3. The summed E-state index contributed by atoms with van der Waals surface area (Å²) in [5.74, 6) is 3.08. The van der Waals surface area contributed by atoms with Gasteiger partial charge in [0.05, 0.1) is 5.75 Å². The monoisotopic (exact) mass is 237 g/mol. The van der Waals surface area contributed by atoms with E-state index < -0.39 is 0 Å². The molecular weight excluding hydrogens is 218 g/mol. The van der Waals surface area contributed by atoms with Gasteiger partial charge in [0.25, 0.3) is 0 Å². The van der Waals surface area contributed by atoms with Crippen molar-refractivity contribution in [1.29, 1.82) is 0 Å². The second-order valence-electron chi connectivity index (χ2n) is 4.22. The molecule has 1 saturated carbocycles. The van der Waals surface area contributed by atoms with Crippen LogP contribution in [0.2, 0.25) is 0 Å². The number of hydrogen-bond acceptors (Lipinski definition) is 4. The summed E-state index contributed by atoms with van der Waals surface area (Å²) >= 11 is 1.90. The summed E-state index contributed by atoms with van der Waals surface area (Å²) in [6, 6.07) is 0.750. The molecule has 0 amide bonds. The van der Waals surface area contributed by atoms with E-state index in [4.69, 9.17) is 0 Å². The minimum atomic E-state index is 0.750. The molecule has 0 radical (unpaired) electrons. The zero-order chi connectivity index (χ0) is 11.2. The van der Waals surface area contributed by atoms with Crippen LogP contribution in [0, 0.1) is 0 Å². The van der Waals surface area contributed by atoms with Crippen LogP contribution in [-0.2, 0) is 12.3 Å². The summed E-state index contributed by atoms with van der Waals surface area (Å²) < 4.78 is 0. The highest BCUT2D eigenvalue weighted by atomic mass is 32.2. The van der Waals surface area contributed by atoms with E-state index in [0.717, 1.165) is 24.2 Å². The quantitative estimate of drug-likeness (QED) is 0.739. The number of nitrogens with one attached hydrogen (secondary N) is 1. The van der Waals surface area contributed by atoms with Gasteiger partial charge in [-0.25, -0.2) is 9.97 Å². The van der Waals surface area contributed by atoms with Crippen molar-refractivity contribution in [2.24, 2.45) is 0 Å². The van der Waals surface area contributed by atoms with E-state index in [2.05, 4.69) is 22.2 Å². The molecule has 88 valence electrons. The third-order valence-corrected chi connectivity index (χ3v) is 3.67. The van der Waals surface area contributed by atoms with Crippen LogP contribution < -0.4 is 5.32 Å². The number of aromatic nitrogens is 2. The minimum Gasteiger partial charge on any atom is -0.310 e. The van der Waals surface area contributed by atoms with Gasteiger partial charge in [0.15, 0.2) is 0 Å². The number of nitrogens with zero attached hydrogens (tertiary/aromatic N) is 2. The first-order valence-corrected chi connectivity index (χ1v) is 7.15. The Morgan fingerprint density at radius 3 is 2.75 bits per heavy atom. The SMILES string of the molecule is CCCSCc1ncc(CNC2CC2)cn1. The Morgan fingerprint density at radius 2 is 2.12 bits per heavy atom. The molecule has 0 atom stereocenters. The van der Waals surface area contributed by atoms with E-state index >= 15 is 0 Å². The molecule has 16 heavy (non-hydrogen) atoms. The lowest BCUT2D eigenvalue weighted by atomic mass is 10.3. The van der Waals surface area contributed by atoms with Gasteiger partial charge in [-0.15, -0.1) is 0 Å². The molecule has 1 aromatic heterocycles. The molecule has 0 spiro atoms. The summed E-state index contributed by atoms with van der Waals surface area (Å²) in [7, 11) is 0. The van der Waals surface area contributed by atoms with Gasteiger partial charge in [-0.05, 0) is 25.0 Å². The fourth-order valence-corrected chi connectivity index (χ4v) is 2.17. The number of rotatable bonds is 7. The topological polar surface area (TPSA) is 37.8 Å². The van der Waals surface area contributed by atoms with Crippen molar-refractivity contribution >= 4 is 11.8 Å². The van der Waals surface area contributed by atoms with E-state index in [1.165, 1.54) is 30.6 Å². The van der Waals surface area contributed by atoms with E-state index in [9.17, 15) is 0 Å². The van der Waals surface area contributed by atoms with Gasteiger partial charge in [-0.3, -0.25) is 0 Å². The van der Waals surface area contributed by atoms with Crippen LogP contribution in [0.15, 0.2) is 12.4 Å². The highest BCUT2D eigenvalue weighted by molar-refractivity contribution is 7.98. The van der Waals surface area contributed by atoms with Crippen LogP contribution in [0.25, 0.3) is 0 Å². The Labute approximate surface area is 101 Å². The molecule has 1 heterocycles. The van der Waals surface area contributed by atoms with Crippen LogP contribution in [0.3, 0.4) is 0 Å². The smallest absolute Gasteiger partial charge is 0.138 e. The molecule has 1 aliphatic carbocycles. The number of hydrogen-bond donors (Lipinski definition) is 1. The van der Waals surface area contributed by atoms with Gasteiger partial charge in [-0.1, -0.05) is 6.92 Å².